The van der Waals surface area contributed by atoms with E-state index < -0.39 is 0 Å². The summed E-state index contributed by atoms with van der Waals surface area (Å²) in [5, 5.41) is 4.21. The molecule has 0 saturated carbocycles. The third kappa shape index (κ3) is 3.41. The van der Waals surface area contributed by atoms with E-state index in [1.54, 1.807) is 30.3 Å². The maximum atomic E-state index is 12.4. The van der Waals surface area contributed by atoms with Gasteiger partial charge in [-0.25, -0.2) is 9.97 Å². The molecule has 0 atom stereocenters. The van der Waals surface area contributed by atoms with Gasteiger partial charge in [-0.15, -0.1) is 0 Å². The summed E-state index contributed by atoms with van der Waals surface area (Å²) in [5.41, 5.74) is 2.91. The van der Waals surface area contributed by atoms with Crippen LogP contribution in [-0.4, -0.2) is 15.9 Å². The second kappa shape index (κ2) is 6.94. The van der Waals surface area contributed by atoms with Crippen molar-refractivity contribution in [2.75, 3.05) is 5.32 Å². The number of hydrogen-bond donors (Lipinski definition) is 1. The third-order valence-electron chi connectivity index (χ3n) is 3.95. The number of aromatic nitrogens is 2. The number of rotatable bonds is 3. The van der Waals surface area contributed by atoms with E-state index in [1.165, 1.54) is 0 Å². The second-order valence-corrected chi connectivity index (χ2v) is 6.21. The van der Waals surface area contributed by atoms with Crippen LogP contribution in [0, 0.1) is 0 Å². The molecule has 2 heterocycles. The molecule has 0 aliphatic carbocycles. The highest BCUT2D eigenvalue weighted by molar-refractivity contribution is 6.31. The fourth-order valence-electron chi connectivity index (χ4n) is 2.66. The Labute approximate surface area is 155 Å². The standard InChI is InChI=1S/C21H14ClN3O/c22-17-8-4-7-16(13-17)21(26)25-19-12-10-15-9-11-18(23-20(15)24-19)14-5-2-1-3-6-14/h1-13H,(H,23,24,25,26). The molecule has 126 valence electrons. The molecule has 1 N–H and O–H groups in total. The number of anilines is 1. The molecule has 2 aromatic carbocycles. The summed E-state index contributed by atoms with van der Waals surface area (Å²) in [6, 6.07) is 24.3. The fraction of sp³-hybridized carbons (Fsp3) is 0. The van der Waals surface area contributed by atoms with Crippen LogP contribution in [0.1, 0.15) is 10.4 Å². The molecule has 1 amide bonds. The zero-order chi connectivity index (χ0) is 17.9. The second-order valence-electron chi connectivity index (χ2n) is 5.77. The molecule has 0 unspecified atom stereocenters. The maximum absolute atomic E-state index is 12.4. The summed E-state index contributed by atoms with van der Waals surface area (Å²) in [7, 11) is 0. The highest BCUT2D eigenvalue weighted by Gasteiger charge is 2.09. The van der Waals surface area contributed by atoms with Gasteiger partial charge in [0, 0.05) is 21.5 Å². The average Bonchev–Trinajstić information content (AvgIpc) is 2.68. The molecule has 0 radical (unpaired) electrons. The normalized spacial score (nSPS) is 10.7. The summed E-state index contributed by atoms with van der Waals surface area (Å²) in [5.74, 6) is 0.179. The van der Waals surface area contributed by atoms with Gasteiger partial charge in [0.2, 0.25) is 0 Å². The number of benzene rings is 2. The van der Waals surface area contributed by atoms with Crippen molar-refractivity contribution in [1.82, 2.24) is 9.97 Å². The van der Waals surface area contributed by atoms with Crippen LogP contribution in [-0.2, 0) is 0 Å². The van der Waals surface area contributed by atoms with Crippen LogP contribution < -0.4 is 5.32 Å². The van der Waals surface area contributed by atoms with Gasteiger partial charge in [-0.05, 0) is 42.5 Å². The van der Waals surface area contributed by atoms with Gasteiger partial charge in [0.15, 0.2) is 5.65 Å². The Kier molecular flexibility index (Phi) is 4.33. The lowest BCUT2D eigenvalue weighted by atomic mass is 10.1. The zero-order valence-electron chi connectivity index (χ0n) is 13.7. The number of nitrogens with zero attached hydrogens (tertiary/aromatic N) is 2. The number of nitrogens with one attached hydrogen (secondary N) is 1. The Morgan fingerprint density at radius 3 is 2.46 bits per heavy atom. The fourth-order valence-corrected chi connectivity index (χ4v) is 2.85. The third-order valence-corrected chi connectivity index (χ3v) is 4.19. The van der Waals surface area contributed by atoms with Gasteiger partial charge in [0.25, 0.3) is 5.91 Å². The molecule has 0 saturated heterocycles. The van der Waals surface area contributed by atoms with Crippen molar-refractivity contribution in [1.29, 1.82) is 0 Å². The van der Waals surface area contributed by atoms with Crippen LogP contribution in [0.4, 0.5) is 5.82 Å². The monoisotopic (exact) mass is 359 g/mol. The Balaban J connectivity index is 1.65. The van der Waals surface area contributed by atoms with E-state index in [9.17, 15) is 4.79 Å². The summed E-state index contributed by atoms with van der Waals surface area (Å²) in [6.07, 6.45) is 0. The highest BCUT2D eigenvalue weighted by atomic mass is 35.5. The average molecular weight is 360 g/mol. The number of pyridine rings is 2. The highest BCUT2D eigenvalue weighted by Crippen LogP contribution is 2.21. The quantitative estimate of drug-likeness (QED) is 0.546. The lowest BCUT2D eigenvalue weighted by Gasteiger charge is -2.07. The number of hydrogen-bond acceptors (Lipinski definition) is 3. The first-order valence-electron chi connectivity index (χ1n) is 8.09. The van der Waals surface area contributed by atoms with Crippen LogP contribution in [0.25, 0.3) is 22.3 Å². The molecule has 0 spiro atoms. The molecule has 0 fully saturated rings. The molecule has 0 aliphatic rings. The molecular weight excluding hydrogens is 346 g/mol. The van der Waals surface area contributed by atoms with E-state index >= 15 is 0 Å². The van der Waals surface area contributed by atoms with Crippen molar-refractivity contribution in [2.24, 2.45) is 0 Å². The van der Waals surface area contributed by atoms with E-state index in [2.05, 4.69) is 15.3 Å². The van der Waals surface area contributed by atoms with E-state index in [4.69, 9.17) is 11.6 Å². The van der Waals surface area contributed by atoms with Crippen molar-refractivity contribution in [3.63, 3.8) is 0 Å². The Morgan fingerprint density at radius 2 is 1.65 bits per heavy atom. The first-order valence-corrected chi connectivity index (χ1v) is 8.47. The lowest BCUT2D eigenvalue weighted by molar-refractivity contribution is 0.102. The van der Waals surface area contributed by atoms with Crippen molar-refractivity contribution >= 4 is 34.4 Å². The van der Waals surface area contributed by atoms with Crippen molar-refractivity contribution < 1.29 is 4.79 Å². The van der Waals surface area contributed by atoms with Crippen molar-refractivity contribution in [3.05, 3.63) is 89.4 Å². The molecule has 0 aliphatic heterocycles. The van der Waals surface area contributed by atoms with Gasteiger partial charge >= 0.3 is 0 Å². The summed E-state index contributed by atoms with van der Waals surface area (Å²) in [6.45, 7) is 0. The molecule has 4 rings (SSSR count). The van der Waals surface area contributed by atoms with E-state index in [-0.39, 0.29) is 5.91 Å². The molecule has 4 aromatic rings. The summed E-state index contributed by atoms with van der Waals surface area (Å²) < 4.78 is 0. The first kappa shape index (κ1) is 16.2. The molecule has 26 heavy (non-hydrogen) atoms. The minimum absolute atomic E-state index is 0.265. The van der Waals surface area contributed by atoms with Crippen LogP contribution in [0.5, 0.6) is 0 Å². The topological polar surface area (TPSA) is 54.9 Å². The SMILES string of the molecule is O=C(Nc1ccc2ccc(-c3ccccc3)nc2n1)c1cccc(Cl)c1. The van der Waals surface area contributed by atoms with Gasteiger partial charge < -0.3 is 5.32 Å². The zero-order valence-corrected chi connectivity index (χ0v) is 14.4. The number of halogens is 1. The van der Waals surface area contributed by atoms with E-state index in [0.29, 0.717) is 22.1 Å². The number of amides is 1. The largest absolute Gasteiger partial charge is 0.306 e. The van der Waals surface area contributed by atoms with Gasteiger partial charge in [-0.3, -0.25) is 4.79 Å². The molecule has 0 bridgehead atoms. The molecule has 5 heteroatoms. The Hall–Kier alpha value is -3.24. The Bertz CT molecular complexity index is 1100. The minimum atomic E-state index is -0.265. The van der Waals surface area contributed by atoms with Crippen LogP contribution >= 0.6 is 11.6 Å². The lowest BCUT2D eigenvalue weighted by Crippen LogP contribution is -2.12. The predicted molar refractivity (Wildman–Crippen MR) is 104 cm³/mol. The number of carbonyl (C=O) groups is 1. The van der Waals surface area contributed by atoms with Crippen LogP contribution in [0.2, 0.25) is 5.02 Å². The summed E-state index contributed by atoms with van der Waals surface area (Å²) >= 11 is 5.94. The van der Waals surface area contributed by atoms with Gasteiger partial charge in [-0.2, -0.15) is 0 Å². The molecular formula is C21H14ClN3O. The molecule has 2 aromatic heterocycles. The number of fused-ring (bicyclic) bond motifs is 1. The van der Waals surface area contributed by atoms with Crippen molar-refractivity contribution in [2.45, 2.75) is 0 Å². The van der Waals surface area contributed by atoms with E-state index in [1.807, 2.05) is 48.5 Å². The van der Waals surface area contributed by atoms with Gasteiger partial charge in [-0.1, -0.05) is 48.0 Å². The predicted octanol–water partition coefficient (Wildman–Crippen LogP) is 5.20. The number of carbonyl (C=O) groups excluding carboxylic acids is 1. The maximum Gasteiger partial charge on any atom is 0.256 e. The van der Waals surface area contributed by atoms with Crippen LogP contribution in [0.3, 0.4) is 0 Å². The van der Waals surface area contributed by atoms with Gasteiger partial charge in [0.1, 0.15) is 5.82 Å². The van der Waals surface area contributed by atoms with Crippen molar-refractivity contribution in [3.8, 4) is 11.3 Å². The smallest absolute Gasteiger partial charge is 0.256 e. The molecule has 4 nitrogen and oxygen atoms in total. The van der Waals surface area contributed by atoms with E-state index in [0.717, 1.165) is 16.6 Å². The minimum Gasteiger partial charge on any atom is -0.306 e. The van der Waals surface area contributed by atoms with Gasteiger partial charge in [0.05, 0.1) is 5.69 Å². The summed E-state index contributed by atoms with van der Waals surface area (Å²) in [4.78, 5) is 21.5. The Morgan fingerprint density at radius 1 is 0.846 bits per heavy atom. The first-order chi connectivity index (χ1) is 12.7. The van der Waals surface area contributed by atoms with Crippen LogP contribution in [0.15, 0.2) is 78.9 Å².